The van der Waals surface area contributed by atoms with Crippen molar-refractivity contribution < 1.29 is 0 Å². The van der Waals surface area contributed by atoms with E-state index in [1.54, 1.807) is 11.3 Å². The normalized spacial score (nSPS) is 12.0. The van der Waals surface area contributed by atoms with E-state index in [9.17, 15) is 0 Å². The van der Waals surface area contributed by atoms with E-state index >= 15 is 0 Å². The van der Waals surface area contributed by atoms with Gasteiger partial charge in [-0.3, -0.25) is 0 Å². The molecule has 1 rings (SSSR count). The maximum absolute atomic E-state index is 5.65. The Balaban J connectivity index is 3.00. The average molecular weight is 234 g/mol. The van der Waals surface area contributed by atoms with Gasteiger partial charge in [-0.05, 0) is 26.9 Å². The van der Waals surface area contributed by atoms with Gasteiger partial charge in [-0.1, -0.05) is 13.8 Å². The van der Waals surface area contributed by atoms with Gasteiger partial charge in [-0.2, -0.15) is 11.3 Å². The summed E-state index contributed by atoms with van der Waals surface area (Å²) in [5.74, 6) is 0. The molecule has 0 atom stereocenters. The predicted octanol–water partition coefficient (Wildman–Crippen LogP) is 2.75. The highest BCUT2D eigenvalue weighted by molar-refractivity contribution is 9.10. The molecule has 0 fully saturated rings. The lowest BCUT2D eigenvalue weighted by molar-refractivity contribution is 0.539. The molecule has 1 aromatic rings. The van der Waals surface area contributed by atoms with E-state index < -0.39 is 0 Å². The molecular formula is C8H12BrNS. The summed E-state index contributed by atoms with van der Waals surface area (Å²) in [4.78, 5) is 0. The van der Waals surface area contributed by atoms with Crippen molar-refractivity contribution in [1.29, 1.82) is 0 Å². The lowest BCUT2D eigenvalue weighted by Gasteiger charge is -2.21. The molecule has 0 saturated carbocycles. The molecule has 0 unspecified atom stereocenters. The Morgan fingerprint density at radius 3 is 2.55 bits per heavy atom. The van der Waals surface area contributed by atoms with Crippen LogP contribution in [0.3, 0.4) is 0 Å². The van der Waals surface area contributed by atoms with E-state index in [4.69, 9.17) is 5.73 Å². The molecule has 0 radical (unpaired) electrons. The van der Waals surface area contributed by atoms with Gasteiger partial charge < -0.3 is 5.73 Å². The molecule has 0 bridgehead atoms. The van der Waals surface area contributed by atoms with Crippen LogP contribution in [0, 0.1) is 0 Å². The topological polar surface area (TPSA) is 26.0 Å². The number of rotatable bonds is 2. The summed E-state index contributed by atoms with van der Waals surface area (Å²) in [6.45, 7) is 4.99. The fraction of sp³-hybridized carbons (Fsp3) is 0.500. The molecule has 0 aliphatic rings. The zero-order chi connectivity index (χ0) is 8.48. The van der Waals surface area contributed by atoms with Crippen molar-refractivity contribution in [1.82, 2.24) is 0 Å². The van der Waals surface area contributed by atoms with Crippen LogP contribution in [0.4, 0.5) is 0 Å². The lowest BCUT2D eigenvalue weighted by Crippen LogP contribution is -2.27. The minimum absolute atomic E-state index is 0.0961. The highest BCUT2D eigenvalue weighted by Gasteiger charge is 2.21. The van der Waals surface area contributed by atoms with Gasteiger partial charge in [0.25, 0.3) is 0 Å². The van der Waals surface area contributed by atoms with Crippen LogP contribution in [0.15, 0.2) is 15.2 Å². The molecule has 0 aliphatic carbocycles. The number of halogens is 1. The fourth-order valence-corrected chi connectivity index (χ4v) is 2.90. The average Bonchev–Trinajstić information content (AvgIpc) is 2.36. The monoisotopic (exact) mass is 233 g/mol. The SMILES string of the molecule is CC(C)(CN)c1cscc1Br. The number of hydrogen-bond acceptors (Lipinski definition) is 2. The van der Waals surface area contributed by atoms with E-state index in [0.29, 0.717) is 6.54 Å². The first-order chi connectivity index (χ1) is 5.08. The third-order valence-electron chi connectivity index (χ3n) is 1.85. The quantitative estimate of drug-likeness (QED) is 0.836. The second-order valence-corrected chi connectivity index (χ2v) is 4.82. The zero-order valence-corrected chi connectivity index (χ0v) is 9.13. The molecule has 1 heterocycles. The van der Waals surface area contributed by atoms with E-state index in [1.165, 1.54) is 10.0 Å². The smallest absolute Gasteiger partial charge is 0.0320 e. The predicted molar refractivity (Wildman–Crippen MR) is 54.1 cm³/mol. The van der Waals surface area contributed by atoms with Crippen molar-refractivity contribution in [2.24, 2.45) is 5.73 Å². The van der Waals surface area contributed by atoms with Crippen molar-refractivity contribution in [2.75, 3.05) is 6.54 Å². The largest absolute Gasteiger partial charge is 0.330 e. The van der Waals surface area contributed by atoms with Gasteiger partial charge in [0.05, 0.1) is 0 Å². The van der Waals surface area contributed by atoms with E-state index in [1.807, 2.05) is 0 Å². The van der Waals surface area contributed by atoms with Crippen LogP contribution in [0.2, 0.25) is 0 Å². The van der Waals surface area contributed by atoms with Crippen LogP contribution in [0.25, 0.3) is 0 Å². The molecule has 1 nitrogen and oxygen atoms in total. The Kier molecular flexibility index (Phi) is 2.73. The Morgan fingerprint density at radius 1 is 1.55 bits per heavy atom. The molecule has 0 spiro atoms. The van der Waals surface area contributed by atoms with Crippen LogP contribution < -0.4 is 5.73 Å². The van der Waals surface area contributed by atoms with Gasteiger partial charge in [0.15, 0.2) is 0 Å². The second kappa shape index (κ2) is 3.25. The van der Waals surface area contributed by atoms with Gasteiger partial charge in [-0.25, -0.2) is 0 Å². The second-order valence-electron chi connectivity index (χ2n) is 3.22. The van der Waals surface area contributed by atoms with Gasteiger partial charge in [0, 0.05) is 21.8 Å². The molecule has 1 aromatic heterocycles. The van der Waals surface area contributed by atoms with Gasteiger partial charge >= 0.3 is 0 Å². The van der Waals surface area contributed by atoms with Crippen LogP contribution in [-0.2, 0) is 5.41 Å². The summed E-state index contributed by atoms with van der Waals surface area (Å²) < 4.78 is 1.18. The summed E-state index contributed by atoms with van der Waals surface area (Å²) in [5.41, 5.74) is 7.06. The molecular weight excluding hydrogens is 222 g/mol. The number of thiophene rings is 1. The Labute approximate surface area is 79.7 Å². The van der Waals surface area contributed by atoms with Crippen molar-refractivity contribution in [3.63, 3.8) is 0 Å². The Hall–Kier alpha value is 0.140. The first-order valence-corrected chi connectivity index (χ1v) is 5.24. The van der Waals surface area contributed by atoms with Crippen LogP contribution in [0.5, 0.6) is 0 Å². The molecule has 0 aromatic carbocycles. The van der Waals surface area contributed by atoms with Crippen molar-refractivity contribution >= 4 is 27.3 Å². The highest BCUT2D eigenvalue weighted by Crippen LogP contribution is 2.31. The molecule has 3 heteroatoms. The standard InChI is InChI=1S/C8H12BrNS/c1-8(2,5-10)6-3-11-4-7(6)9/h3-4H,5,10H2,1-2H3. The first-order valence-electron chi connectivity index (χ1n) is 3.50. The van der Waals surface area contributed by atoms with Crippen LogP contribution >= 0.6 is 27.3 Å². The van der Waals surface area contributed by atoms with E-state index in [0.717, 1.165) is 0 Å². The summed E-state index contributed by atoms with van der Waals surface area (Å²) in [6, 6.07) is 0. The zero-order valence-electron chi connectivity index (χ0n) is 6.73. The van der Waals surface area contributed by atoms with Gasteiger partial charge in [0.1, 0.15) is 0 Å². The molecule has 0 aliphatic heterocycles. The Bertz CT molecular complexity index is 242. The van der Waals surface area contributed by atoms with E-state index in [-0.39, 0.29) is 5.41 Å². The van der Waals surface area contributed by atoms with Gasteiger partial charge in [-0.15, -0.1) is 0 Å². The van der Waals surface area contributed by atoms with Crippen molar-refractivity contribution in [2.45, 2.75) is 19.3 Å². The maximum atomic E-state index is 5.65. The lowest BCUT2D eigenvalue weighted by atomic mass is 9.87. The number of hydrogen-bond donors (Lipinski definition) is 1. The molecule has 0 saturated heterocycles. The fourth-order valence-electron chi connectivity index (χ4n) is 0.874. The summed E-state index contributed by atoms with van der Waals surface area (Å²) in [6.07, 6.45) is 0. The third kappa shape index (κ3) is 1.83. The number of nitrogens with two attached hydrogens (primary N) is 1. The van der Waals surface area contributed by atoms with Crippen LogP contribution in [0.1, 0.15) is 19.4 Å². The first kappa shape index (κ1) is 9.23. The molecule has 2 N–H and O–H groups in total. The van der Waals surface area contributed by atoms with Crippen molar-refractivity contribution in [3.8, 4) is 0 Å². The highest BCUT2D eigenvalue weighted by atomic mass is 79.9. The summed E-state index contributed by atoms with van der Waals surface area (Å²) in [5, 5.41) is 4.24. The maximum Gasteiger partial charge on any atom is 0.0320 e. The summed E-state index contributed by atoms with van der Waals surface area (Å²) >= 11 is 5.20. The third-order valence-corrected chi connectivity index (χ3v) is 3.56. The molecule has 62 valence electrons. The minimum Gasteiger partial charge on any atom is -0.330 e. The van der Waals surface area contributed by atoms with E-state index in [2.05, 4.69) is 40.5 Å². The van der Waals surface area contributed by atoms with Gasteiger partial charge in [0.2, 0.25) is 0 Å². The van der Waals surface area contributed by atoms with Crippen LogP contribution in [-0.4, -0.2) is 6.54 Å². The van der Waals surface area contributed by atoms with Crippen molar-refractivity contribution in [3.05, 3.63) is 20.8 Å². The minimum atomic E-state index is 0.0961. The molecule has 0 amide bonds. The molecule has 11 heavy (non-hydrogen) atoms. The Morgan fingerprint density at radius 2 is 2.18 bits per heavy atom. The summed E-state index contributed by atoms with van der Waals surface area (Å²) in [7, 11) is 0.